The Morgan fingerprint density at radius 1 is 0.325 bits per heavy atom. The first-order valence-electron chi connectivity index (χ1n) is 13.8. The monoisotopic (exact) mass is 508 g/mol. The molecule has 0 amide bonds. The van der Waals surface area contributed by atoms with Crippen LogP contribution in [0.2, 0.25) is 0 Å². The summed E-state index contributed by atoms with van der Waals surface area (Å²) in [5, 5.41) is 10.2. The second kappa shape index (κ2) is 8.08. The normalized spacial score (nSPS) is 12.0. The van der Waals surface area contributed by atoms with Gasteiger partial charge in [-0.2, -0.15) is 0 Å². The number of hydrogen-bond donors (Lipinski definition) is 0. The molecule has 0 N–H and O–H groups in total. The average molecular weight is 509 g/mol. The second-order valence-corrected chi connectivity index (χ2v) is 10.6. The molecule has 0 unspecified atom stereocenters. The molecule has 0 aliphatic rings. The largest absolute Gasteiger partial charge is 0.309 e. The molecule has 0 saturated heterocycles. The van der Waals surface area contributed by atoms with Crippen LogP contribution in [-0.4, -0.2) is 9.13 Å². The summed E-state index contributed by atoms with van der Waals surface area (Å²) < 4.78 is 4.89. The van der Waals surface area contributed by atoms with E-state index in [1.54, 1.807) is 0 Å². The zero-order chi connectivity index (χ0) is 26.2. The van der Waals surface area contributed by atoms with Crippen LogP contribution in [0, 0.1) is 0 Å². The molecular formula is C38H24N2. The minimum atomic E-state index is 1.18. The van der Waals surface area contributed by atoms with Crippen molar-refractivity contribution in [1.82, 2.24) is 9.13 Å². The van der Waals surface area contributed by atoms with Crippen molar-refractivity contribution in [2.45, 2.75) is 0 Å². The number of hydrogen-bond acceptors (Lipinski definition) is 0. The fraction of sp³-hybridized carbons (Fsp3) is 0. The van der Waals surface area contributed by atoms with Gasteiger partial charge in [-0.15, -0.1) is 0 Å². The van der Waals surface area contributed by atoms with Crippen molar-refractivity contribution in [3.05, 3.63) is 146 Å². The molecule has 2 heterocycles. The fourth-order valence-electron chi connectivity index (χ4n) is 6.76. The fourth-order valence-corrected chi connectivity index (χ4v) is 6.76. The molecule has 0 spiro atoms. The maximum Gasteiger partial charge on any atom is 0.0626 e. The van der Waals surface area contributed by atoms with Gasteiger partial charge in [-0.05, 0) is 58.6 Å². The summed E-state index contributed by atoms with van der Waals surface area (Å²) >= 11 is 0. The number of nitrogens with zero attached hydrogens (tertiary/aromatic N) is 2. The van der Waals surface area contributed by atoms with E-state index >= 15 is 0 Å². The maximum absolute atomic E-state index is 2.48. The van der Waals surface area contributed by atoms with Crippen LogP contribution in [0.25, 0.3) is 76.5 Å². The standard InChI is InChI=1S/C38H24N2/c1-2-12-28(13-3-1)39-34-17-9-7-15-32(34)37-35(39)23-20-26-19-22-31-30-14-6-8-16-33(30)40(38(31)36(26)37)29-21-18-25-10-4-5-11-27(25)24-29/h1-24H. The van der Waals surface area contributed by atoms with Gasteiger partial charge in [0, 0.05) is 38.3 Å². The highest BCUT2D eigenvalue weighted by Crippen LogP contribution is 2.43. The first-order chi connectivity index (χ1) is 19.9. The lowest BCUT2D eigenvalue weighted by atomic mass is 10.0. The minimum absolute atomic E-state index is 1.18. The van der Waals surface area contributed by atoms with Gasteiger partial charge in [0.15, 0.2) is 0 Å². The Morgan fingerprint density at radius 3 is 1.82 bits per heavy atom. The topological polar surface area (TPSA) is 9.86 Å². The summed E-state index contributed by atoms with van der Waals surface area (Å²) in [5.41, 5.74) is 7.29. The van der Waals surface area contributed by atoms with Crippen molar-refractivity contribution in [1.29, 1.82) is 0 Å². The summed E-state index contributed by atoms with van der Waals surface area (Å²) in [5.74, 6) is 0. The molecule has 2 nitrogen and oxygen atoms in total. The molecule has 9 aromatic rings. The zero-order valence-electron chi connectivity index (χ0n) is 21.8. The van der Waals surface area contributed by atoms with Gasteiger partial charge >= 0.3 is 0 Å². The molecule has 9 rings (SSSR count). The van der Waals surface area contributed by atoms with Gasteiger partial charge in [0.1, 0.15) is 0 Å². The molecule has 0 radical (unpaired) electrons. The number of aromatic nitrogens is 2. The van der Waals surface area contributed by atoms with Crippen molar-refractivity contribution in [3.8, 4) is 11.4 Å². The molecule has 0 saturated carbocycles. The minimum Gasteiger partial charge on any atom is -0.309 e. The van der Waals surface area contributed by atoms with Crippen LogP contribution in [0.15, 0.2) is 146 Å². The van der Waals surface area contributed by atoms with E-state index in [1.807, 2.05) is 0 Å². The summed E-state index contributed by atoms with van der Waals surface area (Å²) in [6.45, 7) is 0. The zero-order valence-corrected chi connectivity index (χ0v) is 21.8. The molecule has 2 heteroatoms. The van der Waals surface area contributed by atoms with E-state index in [-0.39, 0.29) is 0 Å². The lowest BCUT2D eigenvalue weighted by Crippen LogP contribution is -1.95. The van der Waals surface area contributed by atoms with Gasteiger partial charge in [0.05, 0.1) is 22.1 Å². The van der Waals surface area contributed by atoms with Crippen LogP contribution in [0.3, 0.4) is 0 Å². The third kappa shape index (κ3) is 2.88. The van der Waals surface area contributed by atoms with Crippen molar-refractivity contribution in [2.75, 3.05) is 0 Å². The van der Waals surface area contributed by atoms with E-state index in [9.17, 15) is 0 Å². The van der Waals surface area contributed by atoms with E-state index in [0.717, 1.165) is 0 Å². The maximum atomic E-state index is 2.48. The van der Waals surface area contributed by atoms with Crippen molar-refractivity contribution in [3.63, 3.8) is 0 Å². The highest BCUT2D eigenvalue weighted by atomic mass is 15.0. The van der Waals surface area contributed by atoms with E-state index in [1.165, 1.54) is 76.5 Å². The molecule has 0 fully saturated rings. The van der Waals surface area contributed by atoms with Crippen LogP contribution >= 0.6 is 0 Å². The van der Waals surface area contributed by atoms with E-state index in [2.05, 4.69) is 155 Å². The Kier molecular flexibility index (Phi) is 4.36. The van der Waals surface area contributed by atoms with Crippen LogP contribution in [0.4, 0.5) is 0 Å². The van der Waals surface area contributed by atoms with Crippen LogP contribution in [0.5, 0.6) is 0 Å². The number of fused-ring (bicyclic) bond motifs is 10. The molecule has 0 aliphatic heterocycles. The Labute approximate surface area is 230 Å². The smallest absolute Gasteiger partial charge is 0.0626 e. The van der Waals surface area contributed by atoms with Gasteiger partial charge in [-0.25, -0.2) is 0 Å². The Bertz CT molecular complexity index is 2420. The molecule has 186 valence electrons. The first-order valence-corrected chi connectivity index (χ1v) is 13.8. The van der Waals surface area contributed by atoms with Gasteiger partial charge in [0.2, 0.25) is 0 Å². The summed E-state index contributed by atoms with van der Waals surface area (Å²) in [7, 11) is 0. The molecule has 0 atom stereocenters. The van der Waals surface area contributed by atoms with E-state index in [0.29, 0.717) is 0 Å². The molecule has 40 heavy (non-hydrogen) atoms. The summed E-state index contributed by atoms with van der Waals surface area (Å²) in [4.78, 5) is 0. The van der Waals surface area contributed by atoms with Crippen LogP contribution in [0.1, 0.15) is 0 Å². The molecule has 0 bridgehead atoms. The van der Waals surface area contributed by atoms with Gasteiger partial charge in [0.25, 0.3) is 0 Å². The van der Waals surface area contributed by atoms with Gasteiger partial charge in [-0.1, -0.05) is 103 Å². The van der Waals surface area contributed by atoms with Gasteiger partial charge < -0.3 is 9.13 Å². The van der Waals surface area contributed by atoms with Gasteiger partial charge in [-0.3, -0.25) is 0 Å². The second-order valence-electron chi connectivity index (χ2n) is 10.6. The number of benzene rings is 7. The predicted octanol–water partition coefficient (Wildman–Crippen LogP) is 10.2. The lowest BCUT2D eigenvalue weighted by molar-refractivity contribution is 1.18. The molecule has 0 aliphatic carbocycles. The molecular weight excluding hydrogens is 484 g/mol. The van der Waals surface area contributed by atoms with E-state index in [4.69, 9.17) is 0 Å². The summed E-state index contributed by atoms with van der Waals surface area (Å²) in [6.07, 6.45) is 0. The van der Waals surface area contributed by atoms with Crippen molar-refractivity contribution in [2.24, 2.45) is 0 Å². The van der Waals surface area contributed by atoms with Crippen LogP contribution < -0.4 is 0 Å². The predicted molar refractivity (Wildman–Crippen MR) is 170 cm³/mol. The third-order valence-corrected chi connectivity index (χ3v) is 8.46. The molecule has 7 aromatic carbocycles. The third-order valence-electron chi connectivity index (χ3n) is 8.46. The Balaban J connectivity index is 1.53. The van der Waals surface area contributed by atoms with Crippen molar-refractivity contribution >= 4 is 65.2 Å². The highest BCUT2D eigenvalue weighted by molar-refractivity contribution is 6.30. The lowest BCUT2D eigenvalue weighted by Gasteiger charge is -2.12. The molecule has 2 aromatic heterocycles. The number of para-hydroxylation sites is 3. The Morgan fingerprint density at radius 2 is 0.975 bits per heavy atom. The first kappa shape index (κ1) is 21.6. The quantitative estimate of drug-likeness (QED) is 0.220. The Hall–Kier alpha value is -5.34. The van der Waals surface area contributed by atoms with E-state index < -0.39 is 0 Å². The highest BCUT2D eigenvalue weighted by Gasteiger charge is 2.20. The van der Waals surface area contributed by atoms with Crippen molar-refractivity contribution < 1.29 is 0 Å². The van der Waals surface area contributed by atoms with Crippen LogP contribution in [-0.2, 0) is 0 Å². The SMILES string of the molecule is c1ccc(-n2c3ccccc3c3c4c(ccc5c6ccccc6n(-c6ccc7ccccc7c6)c54)ccc32)cc1. The number of rotatable bonds is 2. The summed E-state index contributed by atoms with van der Waals surface area (Å²) in [6, 6.07) is 53.0. The average Bonchev–Trinajstić information content (AvgIpc) is 3.54.